The first-order chi connectivity index (χ1) is 6.62. The van der Waals surface area contributed by atoms with E-state index >= 15 is 0 Å². The number of nitrogens with one attached hydrogen (secondary N) is 1. The molecule has 1 fully saturated rings. The second-order valence-electron chi connectivity index (χ2n) is 4.28. The number of ether oxygens (including phenoxy) is 1. The minimum atomic E-state index is 0.110. The van der Waals surface area contributed by atoms with E-state index in [2.05, 4.69) is 11.9 Å². The average Bonchev–Trinajstić information content (AvgIpc) is 2.08. The molecule has 0 amide bonds. The quantitative estimate of drug-likeness (QED) is 0.627. The Balaban J connectivity index is 2.29. The fourth-order valence-corrected chi connectivity index (χ4v) is 1.89. The summed E-state index contributed by atoms with van der Waals surface area (Å²) in [4.78, 5) is 0. The molecule has 14 heavy (non-hydrogen) atoms. The van der Waals surface area contributed by atoms with Crippen molar-refractivity contribution >= 4 is 0 Å². The SMILES string of the molecule is C=C(C)CNC1(CN)CC(OCC)C1. The van der Waals surface area contributed by atoms with Crippen molar-refractivity contribution in [2.24, 2.45) is 5.73 Å². The van der Waals surface area contributed by atoms with Gasteiger partial charge in [0.15, 0.2) is 0 Å². The molecule has 3 nitrogen and oxygen atoms in total. The van der Waals surface area contributed by atoms with Gasteiger partial charge in [-0.3, -0.25) is 0 Å². The summed E-state index contributed by atoms with van der Waals surface area (Å²) in [6, 6.07) is 0. The molecule has 0 atom stereocenters. The molecule has 0 radical (unpaired) electrons. The molecule has 0 aromatic carbocycles. The molecule has 1 rings (SSSR count). The number of hydrogen-bond donors (Lipinski definition) is 2. The van der Waals surface area contributed by atoms with Gasteiger partial charge in [-0.2, -0.15) is 0 Å². The van der Waals surface area contributed by atoms with E-state index in [1.807, 2.05) is 13.8 Å². The van der Waals surface area contributed by atoms with Crippen LogP contribution in [0.2, 0.25) is 0 Å². The molecule has 0 bridgehead atoms. The Morgan fingerprint density at radius 2 is 2.29 bits per heavy atom. The van der Waals surface area contributed by atoms with Gasteiger partial charge in [0.05, 0.1) is 6.10 Å². The van der Waals surface area contributed by atoms with Crippen LogP contribution in [0, 0.1) is 0 Å². The maximum absolute atomic E-state index is 5.77. The van der Waals surface area contributed by atoms with Gasteiger partial charge in [0, 0.05) is 25.2 Å². The van der Waals surface area contributed by atoms with Gasteiger partial charge in [-0.1, -0.05) is 12.2 Å². The molecule has 0 aromatic rings. The van der Waals surface area contributed by atoms with Crippen LogP contribution in [0.15, 0.2) is 12.2 Å². The molecule has 0 heterocycles. The molecule has 3 N–H and O–H groups in total. The van der Waals surface area contributed by atoms with E-state index in [4.69, 9.17) is 10.5 Å². The first kappa shape index (κ1) is 11.7. The van der Waals surface area contributed by atoms with Crippen LogP contribution in [0.1, 0.15) is 26.7 Å². The van der Waals surface area contributed by atoms with Gasteiger partial charge in [-0.15, -0.1) is 0 Å². The van der Waals surface area contributed by atoms with Gasteiger partial charge in [0.25, 0.3) is 0 Å². The van der Waals surface area contributed by atoms with E-state index in [1.54, 1.807) is 0 Å². The summed E-state index contributed by atoms with van der Waals surface area (Å²) in [6.07, 6.45) is 2.47. The molecule has 0 aliphatic heterocycles. The maximum atomic E-state index is 5.77. The van der Waals surface area contributed by atoms with Crippen LogP contribution in [-0.2, 0) is 4.74 Å². The van der Waals surface area contributed by atoms with Crippen molar-refractivity contribution in [2.75, 3.05) is 19.7 Å². The van der Waals surface area contributed by atoms with Crippen molar-refractivity contribution in [1.82, 2.24) is 5.32 Å². The molecular formula is C11H22N2O. The molecule has 3 heteroatoms. The first-order valence-electron chi connectivity index (χ1n) is 5.33. The number of rotatable bonds is 6. The van der Waals surface area contributed by atoms with Gasteiger partial charge < -0.3 is 15.8 Å². The van der Waals surface area contributed by atoms with Gasteiger partial charge in [-0.05, 0) is 26.7 Å². The summed E-state index contributed by atoms with van der Waals surface area (Å²) in [7, 11) is 0. The molecule has 0 saturated heterocycles. The highest BCUT2D eigenvalue weighted by atomic mass is 16.5. The fraction of sp³-hybridized carbons (Fsp3) is 0.818. The molecule has 1 saturated carbocycles. The Labute approximate surface area is 86.7 Å². The Morgan fingerprint density at radius 3 is 2.71 bits per heavy atom. The Hall–Kier alpha value is -0.380. The molecular weight excluding hydrogens is 176 g/mol. The van der Waals surface area contributed by atoms with Crippen LogP contribution >= 0.6 is 0 Å². The van der Waals surface area contributed by atoms with Crippen molar-refractivity contribution in [1.29, 1.82) is 0 Å². The van der Waals surface area contributed by atoms with E-state index in [1.165, 1.54) is 0 Å². The van der Waals surface area contributed by atoms with Crippen LogP contribution in [0.4, 0.5) is 0 Å². The standard InChI is InChI=1S/C11H22N2O/c1-4-14-10-5-11(6-10,8-12)13-7-9(2)3/h10,13H,2,4-8,12H2,1,3H3. The zero-order valence-corrected chi connectivity index (χ0v) is 9.31. The third-order valence-corrected chi connectivity index (χ3v) is 2.80. The Morgan fingerprint density at radius 1 is 1.64 bits per heavy atom. The summed E-state index contributed by atoms with van der Waals surface area (Å²) in [5.74, 6) is 0. The van der Waals surface area contributed by atoms with E-state index < -0.39 is 0 Å². The lowest BCUT2D eigenvalue weighted by molar-refractivity contribution is -0.0465. The largest absolute Gasteiger partial charge is 0.378 e. The van der Waals surface area contributed by atoms with E-state index in [9.17, 15) is 0 Å². The molecule has 0 unspecified atom stereocenters. The average molecular weight is 198 g/mol. The normalized spacial score (nSPS) is 31.2. The van der Waals surface area contributed by atoms with Crippen molar-refractivity contribution in [2.45, 2.75) is 38.3 Å². The van der Waals surface area contributed by atoms with Crippen LogP contribution < -0.4 is 11.1 Å². The van der Waals surface area contributed by atoms with Gasteiger partial charge in [-0.25, -0.2) is 0 Å². The minimum absolute atomic E-state index is 0.110. The molecule has 1 aliphatic carbocycles. The zero-order chi connectivity index (χ0) is 10.6. The number of nitrogens with two attached hydrogens (primary N) is 1. The van der Waals surface area contributed by atoms with Crippen LogP contribution in [0.5, 0.6) is 0 Å². The highest BCUT2D eigenvalue weighted by molar-refractivity contribution is 5.05. The van der Waals surface area contributed by atoms with Crippen LogP contribution in [0.3, 0.4) is 0 Å². The summed E-state index contributed by atoms with van der Waals surface area (Å²) in [5, 5.41) is 3.47. The van der Waals surface area contributed by atoms with Crippen molar-refractivity contribution in [3.05, 3.63) is 12.2 Å². The summed E-state index contributed by atoms with van der Waals surface area (Å²) < 4.78 is 5.52. The summed E-state index contributed by atoms with van der Waals surface area (Å²) >= 11 is 0. The van der Waals surface area contributed by atoms with Crippen LogP contribution in [0.25, 0.3) is 0 Å². The monoisotopic (exact) mass is 198 g/mol. The predicted molar refractivity (Wildman–Crippen MR) is 59.3 cm³/mol. The topological polar surface area (TPSA) is 47.3 Å². The predicted octanol–water partition coefficient (Wildman–Crippen LogP) is 1.05. The maximum Gasteiger partial charge on any atom is 0.0611 e. The number of hydrogen-bond acceptors (Lipinski definition) is 3. The lowest BCUT2D eigenvalue weighted by Gasteiger charge is -2.47. The van der Waals surface area contributed by atoms with Gasteiger partial charge in [0.2, 0.25) is 0 Å². The van der Waals surface area contributed by atoms with Gasteiger partial charge >= 0.3 is 0 Å². The summed E-state index contributed by atoms with van der Waals surface area (Å²) in [5.41, 5.74) is 7.03. The lowest BCUT2D eigenvalue weighted by atomic mass is 9.74. The second-order valence-corrected chi connectivity index (χ2v) is 4.28. The van der Waals surface area contributed by atoms with Crippen molar-refractivity contribution < 1.29 is 4.74 Å². The van der Waals surface area contributed by atoms with E-state index in [-0.39, 0.29) is 5.54 Å². The second kappa shape index (κ2) is 4.91. The minimum Gasteiger partial charge on any atom is -0.378 e. The molecule has 0 aromatic heterocycles. The molecule has 0 spiro atoms. The van der Waals surface area contributed by atoms with Gasteiger partial charge in [0.1, 0.15) is 0 Å². The molecule has 82 valence electrons. The fourth-order valence-electron chi connectivity index (χ4n) is 1.89. The lowest BCUT2D eigenvalue weighted by Crippen LogP contribution is -2.62. The third kappa shape index (κ3) is 2.80. The van der Waals surface area contributed by atoms with Crippen molar-refractivity contribution in [3.63, 3.8) is 0 Å². The zero-order valence-electron chi connectivity index (χ0n) is 9.31. The third-order valence-electron chi connectivity index (χ3n) is 2.80. The Kier molecular flexibility index (Phi) is 4.11. The van der Waals surface area contributed by atoms with E-state index in [0.717, 1.165) is 31.6 Å². The highest BCUT2D eigenvalue weighted by Gasteiger charge is 2.43. The van der Waals surface area contributed by atoms with Crippen LogP contribution in [-0.4, -0.2) is 31.3 Å². The Bertz CT molecular complexity index is 197. The highest BCUT2D eigenvalue weighted by Crippen LogP contribution is 2.33. The van der Waals surface area contributed by atoms with E-state index in [0.29, 0.717) is 12.6 Å². The summed E-state index contributed by atoms with van der Waals surface area (Å²) in [6.45, 7) is 10.3. The molecule has 1 aliphatic rings. The first-order valence-corrected chi connectivity index (χ1v) is 5.33. The van der Waals surface area contributed by atoms with Crippen molar-refractivity contribution in [3.8, 4) is 0 Å². The smallest absolute Gasteiger partial charge is 0.0611 e.